The Kier molecular flexibility index (Phi) is 5.09. The molecule has 13 heavy (non-hydrogen) atoms. The zero-order valence-electron chi connectivity index (χ0n) is 8.37. The van der Waals surface area contributed by atoms with Gasteiger partial charge in [-0.25, -0.2) is 0 Å². The van der Waals surface area contributed by atoms with E-state index in [4.69, 9.17) is 10.5 Å². The Morgan fingerprint density at radius 3 is 3.00 bits per heavy atom. The van der Waals surface area contributed by atoms with Gasteiger partial charge in [0.2, 0.25) is 0 Å². The topological polar surface area (TPSA) is 35.2 Å². The number of hydrogen-bond donors (Lipinski definition) is 1. The molecule has 0 aromatic rings. The van der Waals surface area contributed by atoms with E-state index in [2.05, 4.69) is 6.58 Å². The number of rotatable bonds is 5. The molecule has 0 aliphatic heterocycles. The molecule has 0 amide bonds. The molecule has 2 N–H and O–H groups in total. The van der Waals surface area contributed by atoms with E-state index in [9.17, 15) is 0 Å². The molecule has 2 heteroatoms. The Morgan fingerprint density at radius 2 is 2.31 bits per heavy atom. The smallest absolute Gasteiger partial charge is 0.0589 e. The van der Waals surface area contributed by atoms with E-state index in [1.54, 1.807) is 0 Å². The summed E-state index contributed by atoms with van der Waals surface area (Å²) in [6.45, 7) is 4.55. The molecule has 76 valence electrons. The highest BCUT2D eigenvalue weighted by Crippen LogP contribution is 2.19. The van der Waals surface area contributed by atoms with Gasteiger partial charge >= 0.3 is 0 Å². The van der Waals surface area contributed by atoms with Crippen LogP contribution in [0.5, 0.6) is 0 Å². The summed E-state index contributed by atoms with van der Waals surface area (Å²) in [6, 6.07) is 0.373. The summed E-state index contributed by atoms with van der Waals surface area (Å²) in [5.74, 6) is 0. The van der Waals surface area contributed by atoms with Crippen LogP contribution in [0.3, 0.4) is 0 Å². The molecule has 1 aliphatic carbocycles. The van der Waals surface area contributed by atoms with E-state index in [1.165, 1.54) is 19.3 Å². The third-order valence-electron chi connectivity index (χ3n) is 2.57. The van der Waals surface area contributed by atoms with Gasteiger partial charge in [-0.15, -0.1) is 6.58 Å². The lowest BCUT2D eigenvalue weighted by molar-refractivity contribution is 0.0227. The van der Waals surface area contributed by atoms with Crippen LogP contribution in [0.15, 0.2) is 12.7 Å². The van der Waals surface area contributed by atoms with E-state index in [1.807, 2.05) is 6.08 Å². The van der Waals surface area contributed by atoms with Crippen LogP contribution in [-0.2, 0) is 4.74 Å². The molecule has 2 atom stereocenters. The van der Waals surface area contributed by atoms with Crippen LogP contribution >= 0.6 is 0 Å². The first kappa shape index (κ1) is 10.7. The maximum atomic E-state index is 5.86. The van der Waals surface area contributed by atoms with Gasteiger partial charge in [0, 0.05) is 12.6 Å². The van der Waals surface area contributed by atoms with Crippen molar-refractivity contribution < 1.29 is 4.74 Å². The van der Waals surface area contributed by atoms with Gasteiger partial charge in [0.15, 0.2) is 0 Å². The van der Waals surface area contributed by atoms with Crippen LogP contribution in [0.1, 0.15) is 38.5 Å². The second-order valence-electron chi connectivity index (χ2n) is 3.85. The normalized spacial score (nSPS) is 28.7. The standard InChI is InChI=1S/C11H21NO/c1-2-3-4-8-13-11-7-5-6-10(12)9-11/h2,10-11H,1,3-9,12H2. The molecule has 0 heterocycles. The number of ether oxygens (including phenoxy) is 1. The third-order valence-corrected chi connectivity index (χ3v) is 2.57. The van der Waals surface area contributed by atoms with E-state index < -0.39 is 0 Å². The molecule has 0 spiro atoms. The molecule has 0 aromatic heterocycles. The van der Waals surface area contributed by atoms with Crippen molar-refractivity contribution in [2.45, 2.75) is 50.7 Å². The van der Waals surface area contributed by atoms with Crippen LogP contribution in [0, 0.1) is 0 Å². The van der Waals surface area contributed by atoms with Crippen LogP contribution in [0.4, 0.5) is 0 Å². The first-order chi connectivity index (χ1) is 6.33. The maximum absolute atomic E-state index is 5.86. The average Bonchev–Trinajstić information content (AvgIpc) is 2.13. The Labute approximate surface area is 81.1 Å². The molecule has 0 aromatic carbocycles. The van der Waals surface area contributed by atoms with Gasteiger partial charge in [-0.05, 0) is 38.5 Å². The minimum atomic E-state index is 0.373. The summed E-state index contributed by atoms with van der Waals surface area (Å²) in [7, 11) is 0. The van der Waals surface area contributed by atoms with Crippen molar-refractivity contribution >= 4 is 0 Å². The second kappa shape index (κ2) is 6.17. The largest absolute Gasteiger partial charge is 0.378 e. The number of nitrogens with two attached hydrogens (primary N) is 1. The molecule has 2 nitrogen and oxygen atoms in total. The molecular weight excluding hydrogens is 162 g/mol. The number of allylic oxidation sites excluding steroid dienone is 1. The van der Waals surface area contributed by atoms with Crippen molar-refractivity contribution in [3.63, 3.8) is 0 Å². The predicted octanol–water partition coefficient (Wildman–Crippen LogP) is 2.24. The lowest BCUT2D eigenvalue weighted by atomic mass is 9.93. The molecule has 2 unspecified atom stereocenters. The second-order valence-corrected chi connectivity index (χ2v) is 3.85. The van der Waals surface area contributed by atoms with Gasteiger partial charge in [0.05, 0.1) is 6.10 Å². The van der Waals surface area contributed by atoms with Gasteiger partial charge in [-0.2, -0.15) is 0 Å². The van der Waals surface area contributed by atoms with Crippen LogP contribution < -0.4 is 5.73 Å². The molecule has 0 bridgehead atoms. The van der Waals surface area contributed by atoms with Crippen molar-refractivity contribution in [3.8, 4) is 0 Å². The summed E-state index contributed by atoms with van der Waals surface area (Å²) in [4.78, 5) is 0. The zero-order chi connectivity index (χ0) is 9.52. The maximum Gasteiger partial charge on any atom is 0.0589 e. The average molecular weight is 183 g/mol. The molecule has 0 saturated heterocycles. The van der Waals surface area contributed by atoms with Crippen molar-refractivity contribution in [1.82, 2.24) is 0 Å². The first-order valence-electron chi connectivity index (χ1n) is 5.31. The summed E-state index contributed by atoms with van der Waals surface area (Å²) < 4.78 is 5.73. The molecule has 0 radical (unpaired) electrons. The van der Waals surface area contributed by atoms with E-state index in [0.717, 1.165) is 25.9 Å². The van der Waals surface area contributed by atoms with Gasteiger partial charge < -0.3 is 10.5 Å². The highest BCUT2D eigenvalue weighted by atomic mass is 16.5. The van der Waals surface area contributed by atoms with Crippen molar-refractivity contribution in [2.24, 2.45) is 5.73 Å². The van der Waals surface area contributed by atoms with Crippen LogP contribution in [0.25, 0.3) is 0 Å². The molecule has 1 rings (SSSR count). The fourth-order valence-electron chi connectivity index (χ4n) is 1.81. The number of hydrogen-bond acceptors (Lipinski definition) is 2. The zero-order valence-corrected chi connectivity index (χ0v) is 8.37. The van der Waals surface area contributed by atoms with Crippen molar-refractivity contribution in [2.75, 3.05) is 6.61 Å². The van der Waals surface area contributed by atoms with E-state index >= 15 is 0 Å². The Morgan fingerprint density at radius 1 is 1.46 bits per heavy atom. The highest BCUT2D eigenvalue weighted by molar-refractivity contribution is 4.75. The minimum Gasteiger partial charge on any atom is -0.378 e. The first-order valence-corrected chi connectivity index (χ1v) is 5.31. The van der Waals surface area contributed by atoms with Gasteiger partial charge in [0.1, 0.15) is 0 Å². The molecule has 1 aliphatic rings. The van der Waals surface area contributed by atoms with Crippen molar-refractivity contribution in [1.29, 1.82) is 0 Å². The SMILES string of the molecule is C=CCCCOC1CCCC(N)C1. The summed E-state index contributed by atoms with van der Waals surface area (Å²) in [5, 5.41) is 0. The van der Waals surface area contributed by atoms with Crippen LogP contribution in [-0.4, -0.2) is 18.8 Å². The minimum absolute atomic E-state index is 0.373. The molecule has 1 fully saturated rings. The lowest BCUT2D eigenvalue weighted by Gasteiger charge is -2.26. The monoisotopic (exact) mass is 183 g/mol. The molecule has 1 saturated carbocycles. The Hall–Kier alpha value is -0.340. The fraction of sp³-hybridized carbons (Fsp3) is 0.818. The fourth-order valence-corrected chi connectivity index (χ4v) is 1.81. The summed E-state index contributed by atoms with van der Waals surface area (Å²) in [5.41, 5.74) is 5.86. The lowest BCUT2D eigenvalue weighted by Crippen LogP contribution is -2.32. The third kappa shape index (κ3) is 4.44. The number of unbranched alkanes of at least 4 members (excludes halogenated alkanes) is 1. The van der Waals surface area contributed by atoms with Gasteiger partial charge in [0.25, 0.3) is 0 Å². The van der Waals surface area contributed by atoms with E-state index in [-0.39, 0.29) is 0 Å². The Bertz CT molecular complexity index is 147. The Balaban J connectivity index is 2.03. The highest BCUT2D eigenvalue weighted by Gasteiger charge is 2.18. The van der Waals surface area contributed by atoms with Gasteiger partial charge in [-0.3, -0.25) is 0 Å². The van der Waals surface area contributed by atoms with Crippen LogP contribution in [0.2, 0.25) is 0 Å². The van der Waals surface area contributed by atoms with E-state index in [0.29, 0.717) is 12.1 Å². The molecular formula is C11H21NO. The van der Waals surface area contributed by atoms with Crippen molar-refractivity contribution in [3.05, 3.63) is 12.7 Å². The summed E-state index contributed by atoms with van der Waals surface area (Å²) in [6.07, 6.45) is 9.16. The quantitative estimate of drug-likeness (QED) is 0.524. The van der Waals surface area contributed by atoms with Gasteiger partial charge in [-0.1, -0.05) is 6.08 Å². The summed E-state index contributed by atoms with van der Waals surface area (Å²) >= 11 is 0. The predicted molar refractivity (Wildman–Crippen MR) is 55.6 cm³/mol.